The average Bonchev–Trinajstić information content (AvgIpc) is 3.02. The molecular formula is C34H42N4O7. The number of rotatable bonds is 7. The van der Waals surface area contributed by atoms with E-state index in [1.165, 1.54) is 4.90 Å². The zero-order valence-electron chi connectivity index (χ0n) is 26.6. The van der Waals surface area contributed by atoms with Gasteiger partial charge in [-0.15, -0.1) is 0 Å². The van der Waals surface area contributed by atoms with E-state index in [4.69, 9.17) is 23.7 Å². The predicted octanol–water partition coefficient (Wildman–Crippen LogP) is 4.29. The standard InChI is InChI=1S/C34H42N4O7/c1-22(2)20-43-26-14-24-15-27(16-26)45-25-8-6-7-23(13-25)21-44-31-18-38(17-29-33(42-5)30(41-4)9-11-35-29)12-10-28(31)36-32(39)19-37(3)34(24)40/h6-9,11,13-16,22,28,31H,10,12,17-21H2,1-5H3,(H,36,39)/t28-,31-/m0/s1. The van der Waals surface area contributed by atoms with Crippen molar-refractivity contribution in [2.45, 2.75) is 45.6 Å². The third kappa shape index (κ3) is 8.23. The van der Waals surface area contributed by atoms with E-state index in [0.717, 1.165) is 11.3 Å². The van der Waals surface area contributed by atoms with Crippen molar-refractivity contribution in [1.82, 2.24) is 20.1 Å². The fraction of sp³-hybridized carbons (Fsp3) is 0.441. The molecule has 0 spiro atoms. The maximum absolute atomic E-state index is 13.5. The maximum atomic E-state index is 13.5. The molecule has 2 atom stereocenters. The number of aromatic nitrogens is 1. The highest BCUT2D eigenvalue weighted by Gasteiger charge is 2.33. The number of pyridine rings is 1. The highest BCUT2D eigenvalue weighted by molar-refractivity contribution is 5.97. The Hall–Kier alpha value is -4.35. The van der Waals surface area contributed by atoms with Crippen molar-refractivity contribution in [3.63, 3.8) is 0 Å². The van der Waals surface area contributed by atoms with E-state index in [1.54, 1.807) is 51.7 Å². The summed E-state index contributed by atoms with van der Waals surface area (Å²) in [6, 6.07) is 14.3. The molecular weight excluding hydrogens is 576 g/mol. The molecule has 3 heterocycles. The van der Waals surface area contributed by atoms with Gasteiger partial charge in [0.1, 0.15) is 22.9 Å². The van der Waals surface area contributed by atoms with E-state index in [-0.39, 0.29) is 30.5 Å². The number of likely N-dealkylation sites (N-methyl/N-ethyl adjacent to an activating group) is 1. The number of benzene rings is 2. The van der Waals surface area contributed by atoms with Gasteiger partial charge in [-0.3, -0.25) is 19.5 Å². The van der Waals surface area contributed by atoms with E-state index < -0.39 is 0 Å². The second-order valence-electron chi connectivity index (χ2n) is 11.8. The fourth-order valence-electron chi connectivity index (χ4n) is 5.53. The van der Waals surface area contributed by atoms with Gasteiger partial charge in [-0.25, -0.2) is 0 Å². The Morgan fingerprint density at radius 2 is 1.91 bits per heavy atom. The van der Waals surface area contributed by atoms with E-state index in [2.05, 4.69) is 29.0 Å². The number of nitrogens with zero attached hydrogens (tertiary/aromatic N) is 3. The SMILES string of the molecule is COc1ccnc(CN2CC[C@@H]3NC(=O)CN(C)C(=O)c4cc(OCC(C)C)cc(c4)Oc4cccc(c4)CO[C@H]3C2)c1OC. The van der Waals surface area contributed by atoms with Crippen LogP contribution in [0.25, 0.3) is 0 Å². The van der Waals surface area contributed by atoms with Crippen molar-refractivity contribution in [1.29, 1.82) is 0 Å². The van der Waals surface area contributed by atoms with Gasteiger partial charge in [-0.1, -0.05) is 26.0 Å². The maximum Gasteiger partial charge on any atom is 0.254 e. The van der Waals surface area contributed by atoms with Crippen molar-refractivity contribution >= 4 is 11.8 Å². The van der Waals surface area contributed by atoms with Gasteiger partial charge in [0, 0.05) is 50.6 Å². The van der Waals surface area contributed by atoms with Gasteiger partial charge >= 0.3 is 0 Å². The van der Waals surface area contributed by atoms with E-state index in [9.17, 15) is 9.59 Å². The van der Waals surface area contributed by atoms with Gasteiger partial charge in [0.25, 0.3) is 5.91 Å². The third-order valence-corrected chi connectivity index (χ3v) is 7.77. The Morgan fingerprint density at radius 3 is 2.69 bits per heavy atom. The van der Waals surface area contributed by atoms with Crippen LogP contribution in [0.15, 0.2) is 54.7 Å². The van der Waals surface area contributed by atoms with Gasteiger partial charge in [0.05, 0.1) is 46.1 Å². The second-order valence-corrected chi connectivity index (χ2v) is 11.8. The first kappa shape index (κ1) is 32.1. The van der Waals surface area contributed by atoms with E-state index in [0.29, 0.717) is 79.5 Å². The summed E-state index contributed by atoms with van der Waals surface area (Å²) in [5, 5.41) is 3.14. The van der Waals surface area contributed by atoms with Crippen LogP contribution in [0.1, 0.15) is 41.9 Å². The first-order valence-corrected chi connectivity index (χ1v) is 15.2. The lowest BCUT2D eigenvalue weighted by Gasteiger charge is -2.39. The van der Waals surface area contributed by atoms with Crippen LogP contribution in [0.4, 0.5) is 0 Å². The molecule has 3 aromatic rings. The summed E-state index contributed by atoms with van der Waals surface area (Å²) in [4.78, 5) is 34.9. The van der Waals surface area contributed by atoms with E-state index >= 15 is 0 Å². The number of carbonyl (C=O) groups excluding carboxylic acids is 2. The summed E-state index contributed by atoms with van der Waals surface area (Å²) in [5.41, 5.74) is 2.06. The van der Waals surface area contributed by atoms with Crippen LogP contribution >= 0.6 is 0 Å². The van der Waals surface area contributed by atoms with Crippen molar-refractivity contribution in [3.8, 4) is 28.7 Å². The van der Waals surface area contributed by atoms with Crippen LogP contribution in [0, 0.1) is 5.92 Å². The van der Waals surface area contributed by atoms with Crippen molar-refractivity contribution < 1.29 is 33.3 Å². The predicted molar refractivity (Wildman–Crippen MR) is 168 cm³/mol. The summed E-state index contributed by atoms with van der Waals surface area (Å²) in [6.07, 6.45) is 2.04. The van der Waals surface area contributed by atoms with Crippen molar-refractivity contribution in [3.05, 3.63) is 71.5 Å². The zero-order chi connectivity index (χ0) is 31.9. The Balaban J connectivity index is 1.40. The minimum atomic E-state index is -0.314. The fourth-order valence-corrected chi connectivity index (χ4v) is 5.53. The number of hydrogen-bond acceptors (Lipinski definition) is 9. The number of carbonyl (C=O) groups is 2. The minimum Gasteiger partial charge on any atom is -0.493 e. The summed E-state index contributed by atoms with van der Waals surface area (Å²) in [5.74, 6) is 2.56. The molecule has 1 fully saturated rings. The molecule has 1 saturated heterocycles. The Bertz CT molecular complexity index is 1500. The van der Waals surface area contributed by atoms with Gasteiger partial charge in [0.2, 0.25) is 5.91 Å². The minimum absolute atomic E-state index is 0.108. The molecule has 11 heteroatoms. The molecule has 0 aliphatic carbocycles. The number of amides is 2. The second kappa shape index (κ2) is 14.6. The first-order valence-electron chi connectivity index (χ1n) is 15.2. The number of hydrogen-bond donors (Lipinski definition) is 1. The van der Waals surface area contributed by atoms with Crippen LogP contribution in [-0.2, 0) is 22.7 Å². The number of piperidine rings is 1. The summed E-state index contributed by atoms with van der Waals surface area (Å²) >= 11 is 0. The number of ether oxygens (including phenoxy) is 5. The summed E-state index contributed by atoms with van der Waals surface area (Å²) in [6.45, 7) is 6.61. The highest BCUT2D eigenvalue weighted by atomic mass is 16.5. The molecule has 45 heavy (non-hydrogen) atoms. The van der Waals surface area contributed by atoms with Crippen LogP contribution in [0.2, 0.25) is 0 Å². The molecule has 2 aliphatic rings. The molecule has 4 bridgehead atoms. The molecule has 0 radical (unpaired) electrons. The molecule has 11 nitrogen and oxygen atoms in total. The van der Waals surface area contributed by atoms with Crippen molar-refractivity contribution in [2.75, 3.05) is 47.5 Å². The lowest BCUT2D eigenvalue weighted by Crippen LogP contribution is -2.56. The van der Waals surface area contributed by atoms with Crippen LogP contribution < -0.4 is 24.3 Å². The topological polar surface area (TPSA) is 112 Å². The van der Waals surface area contributed by atoms with Gasteiger partial charge in [-0.2, -0.15) is 0 Å². The normalized spacial score (nSPS) is 19.4. The third-order valence-electron chi connectivity index (χ3n) is 7.77. The number of likely N-dealkylation sites (tertiary alicyclic amines) is 1. The number of fused-ring (bicyclic) bond motifs is 5. The molecule has 5 rings (SSSR count). The lowest BCUT2D eigenvalue weighted by atomic mass is 10.0. The zero-order valence-corrected chi connectivity index (χ0v) is 26.6. The molecule has 2 aromatic carbocycles. The number of nitrogens with one attached hydrogen (secondary N) is 1. The van der Waals surface area contributed by atoms with Gasteiger partial charge in [-0.05, 0) is 42.2 Å². The number of methoxy groups -OCH3 is 2. The van der Waals surface area contributed by atoms with Crippen LogP contribution in [0.3, 0.4) is 0 Å². The Morgan fingerprint density at radius 1 is 1.07 bits per heavy atom. The quantitative estimate of drug-likeness (QED) is 0.415. The molecule has 2 aliphatic heterocycles. The molecule has 0 unspecified atom stereocenters. The van der Waals surface area contributed by atoms with Crippen LogP contribution in [-0.4, -0.2) is 86.3 Å². The molecule has 2 amide bonds. The molecule has 1 N–H and O–H groups in total. The molecule has 0 saturated carbocycles. The summed E-state index contributed by atoms with van der Waals surface area (Å²) < 4.78 is 29.7. The monoisotopic (exact) mass is 618 g/mol. The molecule has 240 valence electrons. The summed E-state index contributed by atoms with van der Waals surface area (Å²) in [7, 11) is 4.82. The smallest absolute Gasteiger partial charge is 0.254 e. The first-order chi connectivity index (χ1) is 21.7. The van der Waals surface area contributed by atoms with Crippen LogP contribution in [0.5, 0.6) is 28.7 Å². The van der Waals surface area contributed by atoms with Crippen molar-refractivity contribution in [2.24, 2.45) is 5.92 Å². The highest BCUT2D eigenvalue weighted by Crippen LogP contribution is 2.32. The Labute approximate surface area is 264 Å². The lowest BCUT2D eigenvalue weighted by molar-refractivity contribution is -0.125. The Kier molecular flexibility index (Phi) is 10.4. The van der Waals surface area contributed by atoms with Gasteiger partial charge < -0.3 is 33.9 Å². The average molecular weight is 619 g/mol. The van der Waals surface area contributed by atoms with E-state index in [1.807, 2.05) is 24.3 Å². The molecule has 1 aromatic heterocycles. The largest absolute Gasteiger partial charge is 0.493 e. The van der Waals surface area contributed by atoms with Gasteiger partial charge in [0.15, 0.2) is 11.5 Å².